The minimum Gasteiger partial charge on any atom is -0.375 e. The molecule has 1 aliphatic heterocycles. The van der Waals surface area contributed by atoms with Crippen molar-refractivity contribution in [3.05, 3.63) is 18.0 Å². The summed E-state index contributed by atoms with van der Waals surface area (Å²) in [4.78, 5) is 14.4. The molecule has 2 atom stereocenters. The van der Waals surface area contributed by atoms with Crippen LogP contribution in [-0.2, 0) is 4.74 Å². The van der Waals surface area contributed by atoms with Crippen LogP contribution in [0.1, 0.15) is 37.2 Å². The molecule has 1 aromatic rings. The highest BCUT2D eigenvalue weighted by atomic mass is 16.5. The second kappa shape index (κ2) is 6.37. The number of nitrogens with one attached hydrogen (secondary N) is 1. The first-order valence-corrected chi connectivity index (χ1v) is 7.16. The molecule has 0 spiro atoms. The summed E-state index contributed by atoms with van der Waals surface area (Å²) in [6.07, 6.45) is 3.46. The monoisotopic (exact) mass is 280 g/mol. The molecule has 2 rings (SSSR count). The summed E-state index contributed by atoms with van der Waals surface area (Å²) < 4.78 is 7.48. The summed E-state index contributed by atoms with van der Waals surface area (Å²) in [5, 5.41) is 7.25. The molecule has 2 heterocycles. The molecular weight excluding hydrogens is 256 g/mol. The smallest absolute Gasteiger partial charge is 0.254 e. The van der Waals surface area contributed by atoms with Crippen LogP contribution in [0.3, 0.4) is 0 Å². The van der Waals surface area contributed by atoms with E-state index in [9.17, 15) is 4.79 Å². The Morgan fingerprint density at radius 1 is 1.55 bits per heavy atom. The molecule has 0 aliphatic carbocycles. The summed E-state index contributed by atoms with van der Waals surface area (Å²) in [6.45, 7) is 8.37. The van der Waals surface area contributed by atoms with Gasteiger partial charge in [-0.05, 0) is 27.8 Å². The molecule has 0 radical (unpaired) electrons. The van der Waals surface area contributed by atoms with Crippen LogP contribution in [0.4, 0.5) is 0 Å². The van der Waals surface area contributed by atoms with E-state index in [2.05, 4.69) is 15.3 Å². The Hall–Kier alpha value is -1.40. The standard InChI is InChI=1S/C14H24N4O2/c1-5-20-13-9-17(4)8-12(13)16-14(19)11-6-15-18(7-11)10(2)3/h6-7,10,12-13H,5,8-9H2,1-4H3,(H,16,19)/t12-,13-/m1/s1. The molecule has 1 amide bonds. The van der Waals surface area contributed by atoms with E-state index in [-0.39, 0.29) is 24.1 Å². The van der Waals surface area contributed by atoms with Crippen LogP contribution in [0.15, 0.2) is 12.4 Å². The summed E-state index contributed by atoms with van der Waals surface area (Å²) in [6, 6.07) is 0.292. The number of ether oxygens (including phenoxy) is 1. The molecule has 1 N–H and O–H groups in total. The molecule has 0 aromatic carbocycles. The van der Waals surface area contributed by atoms with E-state index in [4.69, 9.17) is 4.74 Å². The van der Waals surface area contributed by atoms with Crippen LogP contribution in [0.5, 0.6) is 0 Å². The van der Waals surface area contributed by atoms with E-state index >= 15 is 0 Å². The molecule has 1 fully saturated rings. The highest BCUT2D eigenvalue weighted by Gasteiger charge is 2.32. The minimum atomic E-state index is -0.0816. The number of rotatable bonds is 5. The third-order valence-electron chi connectivity index (χ3n) is 3.54. The number of hydrogen-bond acceptors (Lipinski definition) is 4. The number of hydrogen-bond donors (Lipinski definition) is 1. The van der Waals surface area contributed by atoms with Gasteiger partial charge in [0.05, 0.1) is 23.9 Å². The number of likely N-dealkylation sites (N-methyl/N-ethyl adjacent to an activating group) is 1. The fourth-order valence-electron chi connectivity index (χ4n) is 2.47. The number of likely N-dealkylation sites (tertiary alicyclic amines) is 1. The van der Waals surface area contributed by atoms with Gasteiger partial charge in [0.15, 0.2) is 0 Å². The number of carbonyl (C=O) groups is 1. The summed E-state index contributed by atoms with van der Waals surface area (Å²) in [5.74, 6) is -0.0816. The van der Waals surface area contributed by atoms with Crippen LogP contribution < -0.4 is 5.32 Å². The first-order valence-electron chi connectivity index (χ1n) is 7.16. The van der Waals surface area contributed by atoms with Crippen molar-refractivity contribution < 1.29 is 9.53 Å². The fourth-order valence-corrected chi connectivity index (χ4v) is 2.47. The van der Waals surface area contributed by atoms with Crippen LogP contribution in [0.2, 0.25) is 0 Å². The van der Waals surface area contributed by atoms with Crippen molar-refractivity contribution in [1.82, 2.24) is 20.0 Å². The van der Waals surface area contributed by atoms with Crippen molar-refractivity contribution >= 4 is 5.91 Å². The lowest BCUT2D eigenvalue weighted by atomic mass is 10.2. The summed E-state index contributed by atoms with van der Waals surface area (Å²) >= 11 is 0. The molecule has 6 heteroatoms. The van der Waals surface area contributed by atoms with Crippen LogP contribution in [0, 0.1) is 0 Å². The Balaban J connectivity index is 1.99. The molecule has 20 heavy (non-hydrogen) atoms. The highest BCUT2D eigenvalue weighted by Crippen LogP contribution is 2.13. The zero-order valence-corrected chi connectivity index (χ0v) is 12.7. The Kier molecular flexibility index (Phi) is 4.77. The fraction of sp³-hybridized carbons (Fsp3) is 0.714. The Morgan fingerprint density at radius 2 is 2.30 bits per heavy atom. The lowest BCUT2D eigenvalue weighted by Crippen LogP contribution is -2.43. The lowest BCUT2D eigenvalue weighted by Gasteiger charge is -2.19. The van der Waals surface area contributed by atoms with E-state index in [1.165, 1.54) is 0 Å². The molecule has 0 bridgehead atoms. The zero-order chi connectivity index (χ0) is 14.7. The van der Waals surface area contributed by atoms with Crippen molar-refractivity contribution in [3.63, 3.8) is 0 Å². The quantitative estimate of drug-likeness (QED) is 0.871. The summed E-state index contributed by atoms with van der Waals surface area (Å²) in [7, 11) is 2.04. The third kappa shape index (κ3) is 3.37. The molecule has 1 aliphatic rings. The van der Waals surface area contributed by atoms with E-state index in [1.807, 2.05) is 27.8 Å². The zero-order valence-electron chi connectivity index (χ0n) is 12.7. The third-order valence-corrected chi connectivity index (χ3v) is 3.54. The van der Waals surface area contributed by atoms with Gasteiger partial charge in [0, 0.05) is 31.9 Å². The number of nitrogens with zero attached hydrogens (tertiary/aromatic N) is 3. The van der Waals surface area contributed by atoms with Gasteiger partial charge in [0.1, 0.15) is 0 Å². The Morgan fingerprint density at radius 3 is 2.90 bits per heavy atom. The SMILES string of the molecule is CCO[C@@H]1CN(C)C[C@H]1NC(=O)c1cnn(C(C)C)c1. The van der Waals surface area contributed by atoms with Crippen molar-refractivity contribution in [3.8, 4) is 0 Å². The average Bonchev–Trinajstić information content (AvgIpc) is 2.97. The molecule has 0 unspecified atom stereocenters. The van der Waals surface area contributed by atoms with Crippen LogP contribution in [0.25, 0.3) is 0 Å². The Labute approximate surface area is 120 Å². The molecular formula is C14H24N4O2. The largest absolute Gasteiger partial charge is 0.375 e. The van der Waals surface area contributed by atoms with E-state index in [1.54, 1.807) is 17.1 Å². The van der Waals surface area contributed by atoms with Crippen molar-refractivity contribution in [2.75, 3.05) is 26.7 Å². The molecule has 6 nitrogen and oxygen atoms in total. The topological polar surface area (TPSA) is 59.4 Å². The molecule has 112 valence electrons. The van der Waals surface area contributed by atoms with Gasteiger partial charge < -0.3 is 15.0 Å². The van der Waals surface area contributed by atoms with Gasteiger partial charge in [0.2, 0.25) is 0 Å². The van der Waals surface area contributed by atoms with E-state index < -0.39 is 0 Å². The maximum Gasteiger partial charge on any atom is 0.254 e. The van der Waals surface area contributed by atoms with Gasteiger partial charge in [-0.1, -0.05) is 0 Å². The van der Waals surface area contributed by atoms with Crippen LogP contribution in [-0.4, -0.2) is 59.5 Å². The predicted molar refractivity (Wildman–Crippen MR) is 76.8 cm³/mol. The number of aromatic nitrogens is 2. The van der Waals surface area contributed by atoms with Crippen molar-refractivity contribution in [1.29, 1.82) is 0 Å². The van der Waals surface area contributed by atoms with Gasteiger partial charge in [-0.3, -0.25) is 9.48 Å². The van der Waals surface area contributed by atoms with Crippen molar-refractivity contribution in [2.24, 2.45) is 0 Å². The van der Waals surface area contributed by atoms with Gasteiger partial charge >= 0.3 is 0 Å². The first kappa shape index (κ1) is 15.0. The first-order chi connectivity index (χ1) is 9.51. The second-order valence-electron chi connectivity index (χ2n) is 5.60. The highest BCUT2D eigenvalue weighted by molar-refractivity contribution is 5.93. The molecule has 1 saturated heterocycles. The minimum absolute atomic E-state index is 0.0369. The normalized spacial score (nSPS) is 23.4. The molecule has 0 saturated carbocycles. The second-order valence-corrected chi connectivity index (χ2v) is 5.60. The summed E-state index contributed by atoms with van der Waals surface area (Å²) in [5.41, 5.74) is 0.600. The predicted octanol–water partition coefficient (Wildman–Crippen LogP) is 0.913. The average molecular weight is 280 g/mol. The van der Waals surface area contributed by atoms with Gasteiger partial charge in [-0.2, -0.15) is 5.10 Å². The number of carbonyl (C=O) groups excluding carboxylic acids is 1. The van der Waals surface area contributed by atoms with Crippen LogP contribution >= 0.6 is 0 Å². The lowest BCUT2D eigenvalue weighted by molar-refractivity contribution is 0.0513. The van der Waals surface area contributed by atoms with E-state index in [0.29, 0.717) is 12.2 Å². The van der Waals surface area contributed by atoms with Crippen molar-refractivity contribution in [2.45, 2.75) is 39.0 Å². The maximum absolute atomic E-state index is 12.3. The molecule has 1 aromatic heterocycles. The number of amides is 1. The Bertz CT molecular complexity index is 458. The van der Waals surface area contributed by atoms with Gasteiger partial charge in [-0.25, -0.2) is 0 Å². The van der Waals surface area contributed by atoms with Gasteiger partial charge in [-0.15, -0.1) is 0 Å². The van der Waals surface area contributed by atoms with Gasteiger partial charge in [0.25, 0.3) is 5.91 Å². The van der Waals surface area contributed by atoms with E-state index in [0.717, 1.165) is 13.1 Å². The maximum atomic E-state index is 12.3.